The van der Waals surface area contributed by atoms with E-state index in [1.165, 1.54) is 5.57 Å². The molecule has 4 atom stereocenters. The minimum absolute atomic E-state index is 0.00183. The average Bonchev–Trinajstić information content (AvgIpc) is 2.68. The van der Waals surface area contributed by atoms with E-state index in [0.29, 0.717) is 25.4 Å². The van der Waals surface area contributed by atoms with Crippen molar-refractivity contribution in [2.45, 2.75) is 92.0 Å². The first-order valence-corrected chi connectivity index (χ1v) is 11.3. The van der Waals surface area contributed by atoms with Crippen LogP contribution in [0.15, 0.2) is 11.6 Å². The molecule has 0 spiro atoms. The number of methoxy groups -OCH3 is 1. The second kappa shape index (κ2) is 13.2. The average molecular weight is 427 g/mol. The normalized spacial score (nSPS) is 30.2. The highest BCUT2D eigenvalue weighted by molar-refractivity contribution is 5.87. The monoisotopic (exact) mass is 426 g/mol. The van der Waals surface area contributed by atoms with Crippen molar-refractivity contribution in [3.05, 3.63) is 11.6 Å². The van der Waals surface area contributed by atoms with Crippen LogP contribution in [0.2, 0.25) is 0 Å². The molecular weight excluding hydrogens is 384 g/mol. The van der Waals surface area contributed by atoms with Crippen LogP contribution in [-0.2, 0) is 23.8 Å². The zero-order chi connectivity index (χ0) is 22.7. The van der Waals surface area contributed by atoms with Crippen LogP contribution in [0, 0.1) is 17.3 Å². The summed E-state index contributed by atoms with van der Waals surface area (Å²) in [6.07, 6.45) is 5.65. The molecule has 6 nitrogen and oxygen atoms in total. The van der Waals surface area contributed by atoms with Gasteiger partial charge in [0, 0.05) is 26.1 Å². The molecule has 1 aliphatic rings. The fourth-order valence-electron chi connectivity index (χ4n) is 4.11. The Balaban J connectivity index is 2.91. The van der Waals surface area contributed by atoms with Gasteiger partial charge in [-0.3, -0.25) is 9.59 Å². The molecule has 0 fully saturated rings. The fraction of sp³-hybridized carbons (Fsp3) is 0.833. The van der Waals surface area contributed by atoms with Crippen LogP contribution in [0.25, 0.3) is 0 Å². The highest BCUT2D eigenvalue weighted by atomic mass is 16.7. The van der Waals surface area contributed by atoms with E-state index in [0.717, 1.165) is 25.7 Å². The van der Waals surface area contributed by atoms with E-state index in [4.69, 9.17) is 14.2 Å². The predicted octanol–water partition coefficient (Wildman–Crippen LogP) is 4.44. The van der Waals surface area contributed by atoms with E-state index in [-0.39, 0.29) is 31.0 Å². The van der Waals surface area contributed by atoms with Gasteiger partial charge in [0.05, 0.1) is 24.5 Å². The van der Waals surface area contributed by atoms with E-state index in [2.05, 4.69) is 13.0 Å². The molecular formula is C24H42O6. The first kappa shape index (κ1) is 26.8. The van der Waals surface area contributed by atoms with Gasteiger partial charge in [0.2, 0.25) is 0 Å². The second-order valence-electron chi connectivity index (χ2n) is 9.14. The molecule has 0 aromatic carbocycles. The van der Waals surface area contributed by atoms with Gasteiger partial charge in [-0.15, -0.1) is 0 Å². The van der Waals surface area contributed by atoms with Crippen molar-refractivity contribution in [1.29, 1.82) is 0 Å². The molecule has 0 aromatic rings. The van der Waals surface area contributed by atoms with Crippen LogP contribution in [0.3, 0.4) is 0 Å². The van der Waals surface area contributed by atoms with Crippen LogP contribution in [0.1, 0.15) is 79.6 Å². The van der Waals surface area contributed by atoms with Crippen molar-refractivity contribution in [2.75, 3.05) is 20.3 Å². The van der Waals surface area contributed by atoms with Crippen molar-refractivity contribution in [3.8, 4) is 0 Å². The number of aliphatic hydroxyl groups is 1. The summed E-state index contributed by atoms with van der Waals surface area (Å²) in [5.74, 6) is -0.238. The summed E-state index contributed by atoms with van der Waals surface area (Å²) in [5, 5.41) is 10.5. The van der Waals surface area contributed by atoms with E-state index < -0.39 is 17.5 Å². The number of hydrogen-bond donors (Lipinski definition) is 1. The van der Waals surface area contributed by atoms with Gasteiger partial charge in [0.25, 0.3) is 0 Å². The molecule has 1 N–H and O–H groups in total. The zero-order valence-corrected chi connectivity index (χ0v) is 19.7. The minimum atomic E-state index is -1.05. The third kappa shape index (κ3) is 8.86. The molecule has 1 aliphatic heterocycles. The Bertz CT molecular complexity index is 568. The SMILES string of the molecule is CCOC(C/C1=C/CCOC(=O)CC(O)C(C)(C)C(=O)C(C)CC(C)CCC1)OC. The lowest BCUT2D eigenvalue weighted by molar-refractivity contribution is -0.150. The Labute approximate surface area is 182 Å². The predicted molar refractivity (Wildman–Crippen MR) is 117 cm³/mol. The summed E-state index contributed by atoms with van der Waals surface area (Å²) in [5.41, 5.74) is 0.257. The number of carbonyl (C=O) groups excluding carboxylic acids is 2. The number of carbonyl (C=O) groups is 2. The number of hydrogen-bond acceptors (Lipinski definition) is 6. The minimum Gasteiger partial charge on any atom is -0.465 e. The summed E-state index contributed by atoms with van der Waals surface area (Å²) in [6.45, 7) is 10.3. The van der Waals surface area contributed by atoms with Crippen LogP contribution >= 0.6 is 0 Å². The first-order chi connectivity index (χ1) is 14.1. The van der Waals surface area contributed by atoms with Gasteiger partial charge in [-0.2, -0.15) is 0 Å². The molecule has 30 heavy (non-hydrogen) atoms. The summed E-state index contributed by atoms with van der Waals surface area (Å²) in [7, 11) is 1.64. The molecule has 0 radical (unpaired) electrons. The van der Waals surface area contributed by atoms with Crippen molar-refractivity contribution >= 4 is 11.8 Å². The van der Waals surface area contributed by atoms with E-state index >= 15 is 0 Å². The Morgan fingerprint density at radius 3 is 2.63 bits per heavy atom. The molecule has 174 valence electrons. The van der Waals surface area contributed by atoms with Crippen molar-refractivity contribution in [1.82, 2.24) is 0 Å². The molecule has 0 aliphatic carbocycles. The molecule has 1 rings (SSSR count). The molecule has 6 heteroatoms. The first-order valence-electron chi connectivity index (χ1n) is 11.3. The third-order valence-electron chi connectivity index (χ3n) is 6.08. The van der Waals surface area contributed by atoms with E-state index in [1.807, 2.05) is 13.8 Å². The van der Waals surface area contributed by atoms with Crippen LogP contribution in [0.4, 0.5) is 0 Å². The highest BCUT2D eigenvalue weighted by Crippen LogP contribution is 2.32. The zero-order valence-electron chi connectivity index (χ0n) is 19.7. The van der Waals surface area contributed by atoms with Gasteiger partial charge in [-0.1, -0.05) is 45.8 Å². The maximum absolute atomic E-state index is 12.9. The van der Waals surface area contributed by atoms with E-state index in [9.17, 15) is 14.7 Å². The lowest BCUT2D eigenvalue weighted by atomic mass is 9.74. The topological polar surface area (TPSA) is 82.1 Å². The van der Waals surface area contributed by atoms with Crippen LogP contribution in [-0.4, -0.2) is 49.6 Å². The highest BCUT2D eigenvalue weighted by Gasteiger charge is 2.39. The Hall–Kier alpha value is -1.24. The lowest BCUT2D eigenvalue weighted by Gasteiger charge is -2.32. The number of esters is 1. The molecule has 0 aromatic heterocycles. The number of Topliss-reactive ketones (excluding diaryl/α,β-unsaturated/α-hetero) is 1. The van der Waals surface area contributed by atoms with Gasteiger partial charge in [-0.05, 0) is 38.5 Å². The molecule has 0 bridgehead atoms. The van der Waals surface area contributed by atoms with Gasteiger partial charge in [-0.25, -0.2) is 0 Å². The van der Waals surface area contributed by atoms with Gasteiger partial charge in [0.1, 0.15) is 5.78 Å². The third-order valence-corrected chi connectivity index (χ3v) is 6.08. The van der Waals surface area contributed by atoms with Crippen molar-refractivity contribution < 1.29 is 28.9 Å². The lowest BCUT2D eigenvalue weighted by Crippen LogP contribution is -2.42. The van der Waals surface area contributed by atoms with Gasteiger partial charge in [0.15, 0.2) is 6.29 Å². The number of ether oxygens (including phenoxy) is 3. The summed E-state index contributed by atoms with van der Waals surface area (Å²) < 4.78 is 16.3. The van der Waals surface area contributed by atoms with Crippen molar-refractivity contribution in [2.24, 2.45) is 17.3 Å². The molecule has 1 heterocycles. The summed E-state index contributed by atoms with van der Waals surface area (Å²) in [4.78, 5) is 25.1. The fourth-order valence-corrected chi connectivity index (χ4v) is 4.11. The maximum atomic E-state index is 12.9. The quantitative estimate of drug-likeness (QED) is 0.398. The second-order valence-corrected chi connectivity index (χ2v) is 9.14. The smallest absolute Gasteiger partial charge is 0.308 e. The van der Waals surface area contributed by atoms with Crippen LogP contribution < -0.4 is 0 Å². The van der Waals surface area contributed by atoms with E-state index in [1.54, 1.807) is 21.0 Å². The van der Waals surface area contributed by atoms with Gasteiger partial charge < -0.3 is 19.3 Å². The standard InChI is InChI=1S/C24H42O6/c1-7-29-22(28-6)15-19-11-8-10-17(2)14-18(3)23(27)24(4,5)20(25)16-21(26)30-13-9-12-19/h12,17-18,20,22,25H,7-11,13-16H2,1-6H3/b19-12+. The van der Waals surface area contributed by atoms with Crippen LogP contribution in [0.5, 0.6) is 0 Å². The number of rotatable bonds is 5. The number of aliphatic hydroxyl groups excluding tert-OH is 1. The number of ketones is 1. The maximum Gasteiger partial charge on any atom is 0.308 e. The Morgan fingerprint density at radius 2 is 2.00 bits per heavy atom. The molecule has 0 saturated carbocycles. The van der Waals surface area contributed by atoms with Gasteiger partial charge >= 0.3 is 5.97 Å². The molecule has 0 saturated heterocycles. The number of cyclic esters (lactones) is 1. The Kier molecular flexibility index (Phi) is 11.8. The summed E-state index contributed by atoms with van der Waals surface area (Å²) >= 11 is 0. The molecule has 4 unspecified atom stereocenters. The van der Waals surface area contributed by atoms with Crippen molar-refractivity contribution in [3.63, 3.8) is 0 Å². The molecule has 0 amide bonds. The Morgan fingerprint density at radius 1 is 1.30 bits per heavy atom. The largest absolute Gasteiger partial charge is 0.465 e. The summed E-state index contributed by atoms with van der Waals surface area (Å²) in [6, 6.07) is 0.